The van der Waals surface area contributed by atoms with Gasteiger partial charge in [0.15, 0.2) is 0 Å². The van der Waals surface area contributed by atoms with Gasteiger partial charge in [-0.25, -0.2) is 4.39 Å². The Morgan fingerprint density at radius 2 is 1.16 bits per heavy atom. The van der Waals surface area contributed by atoms with Crippen molar-refractivity contribution in [2.75, 3.05) is 33.0 Å². The smallest absolute Gasteiger partial charge is 0.380 e. The van der Waals surface area contributed by atoms with E-state index in [1.165, 1.54) is 27.7 Å². The Labute approximate surface area is 148 Å². The predicted molar refractivity (Wildman–Crippen MR) is 91.4 cm³/mol. The van der Waals surface area contributed by atoms with Crippen molar-refractivity contribution < 1.29 is 41.1 Å². The first-order chi connectivity index (χ1) is 11.7. The monoisotopic (exact) mass is 406 g/mol. The number of alkyl halides is 1. The van der Waals surface area contributed by atoms with Gasteiger partial charge in [-0.1, -0.05) is 0 Å². The summed E-state index contributed by atoms with van der Waals surface area (Å²) in [7, 11) is -9.17. The van der Waals surface area contributed by atoms with Crippen molar-refractivity contribution in [2.24, 2.45) is 0 Å². The predicted octanol–water partition coefficient (Wildman–Crippen LogP) is 4.49. The molecule has 0 spiro atoms. The average molecular weight is 406 g/mol. The number of rotatable bonds is 14. The molecule has 25 heavy (non-hydrogen) atoms. The molecule has 150 valence electrons. The van der Waals surface area contributed by atoms with Gasteiger partial charge in [0.05, 0.1) is 33.0 Å². The van der Waals surface area contributed by atoms with Gasteiger partial charge in [-0.2, -0.15) is 0 Å². The van der Waals surface area contributed by atoms with Crippen LogP contribution in [0.3, 0.4) is 0 Å². The first kappa shape index (κ1) is 24.7. The molecule has 11 heteroatoms. The molecule has 0 aliphatic rings. The lowest BCUT2D eigenvalue weighted by atomic mass is 10.3. The molecule has 0 bridgehead atoms. The number of halogens is 1. The summed E-state index contributed by atoms with van der Waals surface area (Å²) in [6.45, 7) is 7.04. The fourth-order valence-corrected chi connectivity index (χ4v) is 7.03. The molecule has 0 saturated heterocycles. The summed E-state index contributed by atoms with van der Waals surface area (Å²) in [5, 5.41) is -3.13. The maximum absolute atomic E-state index is 16.0. The molecule has 0 saturated carbocycles. The molecule has 0 aliphatic heterocycles. The van der Waals surface area contributed by atoms with Gasteiger partial charge in [-0.05, 0) is 34.6 Å². The van der Waals surface area contributed by atoms with E-state index in [0.717, 1.165) is 0 Å². The van der Waals surface area contributed by atoms with Crippen molar-refractivity contribution in [2.45, 2.75) is 52.6 Å². The van der Waals surface area contributed by atoms with E-state index in [1.807, 2.05) is 0 Å². The number of esters is 1. The van der Waals surface area contributed by atoms with Gasteiger partial charge in [0.1, 0.15) is 0 Å². The van der Waals surface area contributed by atoms with Crippen LogP contribution in [0.15, 0.2) is 0 Å². The Bertz CT molecular complexity index is 449. The van der Waals surface area contributed by atoms with E-state index in [4.69, 9.17) is 22.8 Å². The van der Waals surface area contributed by atoms with Gasteiger partial charge >= 0.3 is 26.3 Å². The number of hydrogen-bond donors (Lipinski definition) is 0. The molecule has 0 unspecified atom stereocenters. The van der Waals surface area contributed by atoms with Crippen LogP contribution in [0.5, 0.6) is 0 Å². The second-order valence-corrected chi connectivity index (χ2v) is 9.48. The largest absolute Gasteiger partial charge is 0.466 e. The quantitative estimate of drug-likeness (QED) is 0.308. The second-order valence-electron chi connectivity index (χ2n) is 4.69. The number of ether oxygens (including phenoxy) is 1. The summed E-state index contributed by atoms with van der Waals surface area (Å²) in [5.41, 5.74) is 0. The SMILES string of the molecule is CCOC(=O)CCC(F)(P(=O)(OCC)OCC)P(=O)(OCC)OCC. The molecular formula is C14H29FO8P2. The lowest BCUT2D eigenvalue weighted by Crippen LogP contribution is -2.30. The van der Waals surface area contributed by atoms with E-state index in [1.54, 1.807) is 6.92 Å². The highest BCUT2D eigenvalue weighted by atomic mass is 31.2. The van der Waals surface area contributed by atoms with Gasteiger partial charge in [0, 0.05) is 12.8 Å². The molecule has 0 radical (unpaired) electrons. The van der Waals surface area contributed by atoms with Crippen molar-refractivity contribution in [3.8, 4) is 0 Å². The molecule has 0 aromatic rings. The van der Waals surface area contributed by atoms with E-state index in [-0.39, 0.29) is 33.0 Å². The third-order valence-corrected chi connectivity index (χ3v) is 8.98. The van der Waals surface area contributed by atoms with Crippen molar-refractivity contribution in [1.29, 1.82) is 0 Å². The van der Waals surface area contributed by atoms with Crippen LogP contribution in [0.25, 0.3) is 0 Å². The molecule has 0 amide bonds. The standard InChI is InChI=1S/C14H29FO8P2/c1-6-19-13(16)11-12-14(15,24(17,20-7-2)21-8-3)25(18,22-9-4)23-10-5/h6-12H2,1-5H3. The molecule has 0 aliphatic carbocycles. The normalized spacial score (nSPS) is 13.0. The topological polar surface area (TPSA) is 97.4 Å². The van der Waals surface area contributed by atoms with Crippen molar-refractivity contribution in [3.05, 3.63) is 0 Å². The van der Waals surface area contributed by atoms with Crippen LogP contribution < -0.4 is 0 Å². The van der Waals surface area contributed by atoms with Gasteiger partial charge in [0.2, 0.25) is 0 Å². The summed E-state index contributed by atoms with van der Waals surface area (Å²) in [4.78, 5) is 11.6. The second kappa shape index (κ2) is 11.4. The average Bonchev–Trinajstić information content (AvgIpc) is 2.53. The lowest BCUT2D eigenvalue weighted by Gasteiger charge is -2.36. The maximum atomic E-state index is 16.0. The molecule has 8 nitrogen and oxygen atoms in total. The summed E-state index contributed by atoms with van der Waals surface area (Å²) in [6, 6.07) is 0. The van der Waals surface area contributed by atoms with Crippen LogP contribution in [0.4, 0.5) is 4.39 Å². The lowest BCUT2D eigenvalue weighted by molar-refractivity contribution is -0.143. The highest BCUT2D eigenvalue weighted by Crippen LogP contribution is 2.80. The molecule has 0 rings (SSSR count). The van der Waals surface area contributed by atoms with Crippen LogP contribution in [0.2, 0.25) is 0 Å². The summed E-state index contributed by atoms with van der Waals surface area (Å²) < 4.78 is 67.1. The van der Waals surface area contributed by atoms with Crippen LogP contribution >= 0.6 is 15.2 Å². The minimum Gasteiger partial charge on any atom is -0.466 e. The third kappa shape index (κ3) is 6.12. The first-order valence-electron chi connectivity index (χ1n) is 8.33. The van der Waals surface area contributed by atoms with E-state index >= 15 is 4.39 Å². The van der Waals surface area contributed by atoms with E-state index in [9.17, 15) is 13.9 Å². The number of carbonyl (C=O) groups is 1. The van der Waals surface area contributed by atoms with Crippen molar-refractivity contribution >= 4 is 21.2 Å². The van der Waals surface area contributed by atoms with Crippen LogP contribution in [-0.4, -0.2) is 44.2 Å². The minimum atomic E-state index is -4.59. The minimum absolute atomic E-state index is 0.0985. The summed E-state index contributed by atoms with van der Waals surface area (Å²) >= 11 is 0. The zero-order valence-electron chi connectivity index (χ0n) is 15.5. The summed E-state index contributed by atoms with van der Waals surface area (Å²) in [6.07, 6.45) is -1.24. The number of hydrogen-bond acceptors (Lipinski definition) is 8. The van der Waals surface area contributed by atoms with E-state index in [0.29, 0.717) is 0 Å². The van der Waals surface area contributed by atoms with Gasteiger partial charge in [0.25, 0.3) is 0 Å². The molecule has 0 aromatic carbocycles. The Kier molecular flexibility index (Phi) is 11.3. The van der Waals surface area contributed by atoms with Crippen LogP contribution in [-0.2, 0) is 36.8 Å². The molecule has 0 atom stereocenters. The first-order valence-corrected chi connectivity index (χ1v) is 11.4. The Morgan fingerprint density at radius 3 is 1.44 bits per heavy atom. The highest BCUT2D eigenvalue weighted by Gasteiger charge is 2.66. The molecular weight excluding hydrogens is 377 g/mol. The van der Waals surface area contributed by atoms with Crippen molar-refractivity contribution in [1.82, 2.24) is 0 Å². The third-order valence-electron chi connectivity index (χ3n) is 2.99. The molecule has 0 fully saturated rings. The fraction of sp³-hybridized carbons (Fsp3) is 0.929. The van der Waals surface area contributed by atoms with Gasteiger partial charge < -0.3 is 22.8 Å². The molecule has 0 aromatic heterocycles. The van der Waals surface area contributed by atoms with E-state index < -0.39 is 39.2 Å². The maximum Gasteiger partial charge on any atom is 0.380 e. The van der Waals surface area contributed by atoms with E-state index in [2.05, 4.69) is 0 Å². The van der Waals surface area contributed by atoms with Crippen molar-refractivity contribution in [3.63, 3.8) is 0 Å². The van der Waals surface area contributed by atoms with Crippen LogP contribution in [0, 0.1) is 0 Å². The Hall–Kier alpha value is -0.300. The van der Waals surface area contributed by atoms with Gasteiger partial charge in [-0.15, -0.1) is 0 Å². The molecule has 0 heterocycles. The Balaban J connectivity index is 6.02. The summed E-state index contributed by atoms with van der Waals surface area (Å²) in [5.74, 6) is -0.733. The zero-order chi connectivity index (χ0) is 19.6. The fourth-order valence-electron chi connectivity index (χ4n) is 2.07. The van der Waals surface area contributed by atoms with Gasteiger partial charge in [-0.3, -0.25) is 13.9 Å². The molecule has 0 N–H and O–H groups in total. The Morgan fingerprint density at radius 1 is 0.800 bits per heavy atom. The number of carbonyl (C=O) groups excluding carboxylic acids is 1. The van der Waals surface area contributed by atoms with Crippen LogP contribution in [0.1, 0.15) is 47.5 Å². The highest BCUT2D eigenvalue weighted by molar-refractivity contribution is 7.73. The zero-order valence-corrected chi connectivity index (χ0v) is 17.3.